The summed E-state index contributed by atoms with van der Waals surface area (Å²) in [4.78, 5) is 17.5. The van der Waals surface area contributed by atoms with Gasteiger partial charge in [-0.1, -0.05) is 37.6 Å². The Kier molecular flexibility index (Phi) is 7.45. The number of carbonyl (C=O) groups excluding carboxylic acids is 1. The van der Waals surface area contributed by atoms with E-state index >= 15 is 0 Å². The Labute approximate surface area is 185 Å². The van der Waals surface area contributed by atoms with Gasteiger partial charge in [0.05, 0.1) is 23.3 Å². The van der Waals surface area contributed by atoms with Crippen LogP contribution in [-0.2, 0) is 19.6 Å². The zero-order valence-electron chi connectivity index (χ0n) is 18.1. The second kappa shape index (κ2) is 9.53. The number of hydrogen-bond donors (Lipinski definition) is 0. The van der Waals surface area contributed by atoms with Crippen molar-refractivity contribution in [1.82, 2.24) is 14.1 Å². The second-order valence-electron chi connectivity index (χ2n) is 8.56. The van der Waals surface area contributed by atoms with Crippen LogP contribution in [0.5, 0.6) is 0 Å². The highest BCUT2D eigenvalue weighted by atomic mass is 35.5. The first-order valence-electron chi connectivity index (χ1n) is 10.5. The van der Waals surface area contributed by atoms with E-state index in [2.05, 4.69) is 18.7 Å². The summed E-state index contributed by atoms with van der Waals surface area (Å²) in [7, 11) is -3.68. The number of carbonyl (C=O) groups is 1. The molecule has 0 radical (unpaired) electrons. The number of sulfonamides is 1. The molecule has 0 N–H and O–H groups in total. The van der Waals surface area contributed by atoms with Gasteiger partial charge >= 0.3 is 0 Å². The van der Waals surface area contributed by atoms with E-state index in [4.69, 9.17) is 16.3 Å². The number of hydrogen-bond acceptors (Lipinski definition) is 5. The zero-order chi connectivity index (χ0) is 22.1. The van der Waals surface area contributed by atoms with Crippen molar-refractivity contribution in [1.29, 1.82) is 0 Å². The maximum Gasteiger partial charge on any atom is 0.244 e. The molecule has 2 heterocycles. The summed E-state index contributed by atoms with van der Waals surface area (Å²) in [6, 6.07) is 6.23. The number of morpholine rings is 1. The molecular weight excluding hydrogens is 426 g/mol. The number of rotatable bonds is 5. The van der Waals surface area contributed by atoms with E-state index in [0.717, 1.165) is 13.1 Å². The van der Waals surface area contributed by atoms with E-state index in [1.165, 1.54) is 10.4 Å². The topological polar surface area (TPSA) is 70.2 Å². The fourth-order valence-electron chi connectivity index (χ4n) is 4.44. The van der Waals surface area contributed by atoms with Gasteiger partial charge in [0.25, 0.3) is 0 Å². The number of amides is 1. The summed E-state index contributed by atoms with van der Waals surface area (Å²) in [5.74, 6) is 0.223. The van der Waals surface area contributed by atoms with Crippen molar-refractivity contribution in [3.8, 4) is 0 Å². The molecule has 0 saturated carbocycles. The van der Waals surface area contributed by atoms with Crippen LogP contribution >= 0.6 is 11.6 Å². The van der Waals surface area contributed by atoms with E-state index < -0.39 is 10.0 Å². The smallest absolute Gasteiger partial charge is 0.244 e. The molecule has 3 rings (SSSR count). The SMILES string of the molecule is CC1CN(C(C(=O)N2CCN(S(=O)(=O)c3ccccc3Cl)CC2)C(C)C)CC(C)O1. The van der Waals surface area contributed by atoms with Crippen molar-refractivity contribution >= 4 is 27.5 Å². The number of ether oxygens (including phenoxy) is 1. The molecular formula is C21H32ClN3O4S. The maximum absolute atomic E-state index is 13.4. The number of nitrogens with zero attached hydrogens (tertiary/aromatic N) is 3. The fraction of sp³-hybridized carbons (Fsp3) is 0.667. The lowest BCUT2D eigenvalue weighted by atomic mass is 9.98. The van der Waals surface area contributed by atoms with Crippen LogP contribution in [0.2, 0.25) is 5.02 Å². The Balaban J connectivity index is 1.69. The molecule has 0 aromatic heterocycles. The number of halogens is 1. The Morgan fingerprint density at radius 3 is 2.17 bits per heavy atom. The van der Waals surface area contributed by atoms with Gasteiger partial charge < -0.3 is 9.64 Å². The molecule has 9 heteroatoms. The minimum atomic E-state index is -3.68. The van der Waals surface area contributed by atoms with Gasteiger partial charge in [-0.25, -0.2) is 8.42 Å². The van der Waals surface area contributed by atoms with Gasteiger partial charge in [-0.3, -0.25) is 9.69 Å². The fourth-order valence-corrected chi connectivity index (χ4v) is 6.35. The van der Waals surface area contributed by atoms with Gasteiger partial charge in [-0.15, -0.1) is 0 Å². The molecule has 2 aliphatic rings. The zero-order valence-corrected chi connectivity index (χ0v) is 19.7. The van der Waals surface area contributed by atoms with Crippen molar-refractivity contribution in [2.45, 2.75) is 50.8 Å². The summed E-state index contributed by atoms with van der Waals surface area (Å²) in [5.41, 5.74) is 0. The first kappa shape index (κ1) is 23.5. The molecule has 1 aromatic carbocycles. The van der Waals surface area contributed by atoms with Crippen LogP contribution in [0.25, 0.3) is 0 Å². The van der Waals surface area contributed by atoms with Crippen LogP contribution in [-0.4, -0.2) is 85.9 Å². The van der Waals surface area contributed by atoms with Gasteiger partial charge in [0.1, 0.15) is 4.90 Å². The van der Waals surface area contributed by atoms with Crippen LogP contribution in [0.15, 0.2) is 29.2 Å². The summed E-state index contributed by atoms with van der Waals surface area (Å²) in [6.45, 7) is 10.9. The molecule has 0 spiro atoms. The van der Waals surface area contributed by atoms with Crippen LogP contribution in [0.3, 0.4) is 0 Å². The summed E-state index contributed by atoms with van der Waals surface area (Å²) >= 11 is 6.11. The summed E-state index contributed by atoms with van der Waals surface area (Å²) in [6.07, 6.45) is 0.167. The Hall–Kier alpha value is -1.19. The van der Waals surface area contributed by atoms with Crippen LogP contribution < -0.4 is 0 Å². The maximum atomic E-state index is 13.4. The van der Waals surface area contributed by atoms with Gasteiger partial charge in [0.2, 0.25) is 15.9 Å². The lowest BCUT2D eigenvalue weighted by molar-refractivity contribution is -0.146. The molecule has 30 heavy (non-hydrogen) atoms. The third-order valence-corrected chi connectivity index (χ3v) is 8.13. The molecule has 0 aliphatic carbocycles. The summed E-state index contributed by atoms with van der Waals surface area (Å²) in [5, 5.41) is 0.214. The largest absolute Gasteiger partial charge is 0.373 e. The highest BCUT2D eigenvalue weighted by Crippen LogP contribution is 2.26. The molecule has 1 amide bonds. The second-order valence-corrected chi connectivity index (χ2v) is 10.9. The predicted octanol–water partition coefficient (Wildman–Crippen LogP) is 2.31. The van der Waals surface area contributed by atoms with Gasteiger partial charge in [0, 0.05) is 39.3 Å². The Morgan fingerprint density at radius 2 is 1.63 bits per heavy atom. The van der Waals surface area contributed by atoms with Crippen molar-refractivity contribution < 1.29 is 17.9 Å². The van der Waals surface area contributed by atoms with Crippen molar-refractivity contribution in [3.63, 3.8) is 0 Å². The molecule has 7 nitrogen and oxygen atoms in total. The Morgan fingerprint density at radius 1 is 1.07 bits per heavy atom. The van der Waals surface area contributed by atoms with E-state index in [0.29, 0.717) is 13.1 Å². The van der Waals surface area contributed by atoms with Gasteiger partial charge in [-0.05, 0) is 31.9 Å². The van der Waals surface area contributed by atoms with Gasteiger partial charge in [-0.2, -0.15) is 4.31 Å². The Bertz CT molecular complexity index is 846. The molecule has 3 unspecified atom stereocenters. The predicted molar refractivity (Wildman–Crippen MR) is 117 cm³/mol. The minimum Gasteiger partial charge on any atom is -0.373 e. The first-order valence-corrected chi connectivity index (χ1v) is 12.4. The summed E-state index contributed by atoms with van der Waals surface area (Å²) < 4.78 is 33.2. The molecule has 3 atom stereocenters. The number of piperazine rings is 1. The van der Waals surface area contributed by atoms with E-state index in [9.17, 15) is 13.2 Å². The lowest BCUT2D eigenvalue weighted by Crippen LogP contribution is -2.60. The van der Waals surface area contributed by atoms with E-state index in [1.54, 1.807) is 23.1 Å². The van der Waals surface area contributed by atoms with E-state index in [-0.39, 0.29) is 53.1 Å². The lowest BCUT2D eigenvalue weighted by Gasteiger charge is -2.43. The average Bonchev–Trinajstić information content (AvgIpc) is 2.67. The van der Waals surface area contributed by atoms with E-state index in [1.807, 2.05) is 13.8 Å². The third-order valence-electron chi connectivity index (χ3n) is 5.73. The molecule has 2 saturated heterocycles. The monoisotopic (exact) mass is 457 g/mol. The molecule has 2 aliphatic heterocycles. The molecule has 0 bridgehead atoms. The van der Waals surface area contributed by atoms with Crippen molar-refractivity contribution in [3.05, 3.63) is 29.3 Å². The molecule has 2 fully saturated rings. The highest BCUT2D eigenvalue weighted by molar-refractivity contribution is 7.89. The van der Waals surface area contributed by atoms with Gasteiger partial charge in [0.15, 0.2) is 0 Å². The molecule has 1 aromatic rings. The standard InChI is InChI=1S/C21H32ClN3O4S/c1-15(2)20(24-13-16(3)29-17(4)14-24)21(26)23-9-11-25(12-10-23)30(27,28)19-8-6-5-7-18(19)22/h5-8,15-17,20H,9-14H2,1-4H3. The minimum absolute atomic E-state index is 0.0705. The number of benzene rings is 1. The van der Waals surface area contributed by atoms with Crippen molar-refractivity contribution in [2.24, 2.45) is 5.92 Å². The van der Waals surface area contributed by atoms with Crippen LogP contribution in [0.4, 0.5) is 0 Å². The molecule has 168 valence electrons. The normalized spacial score (nSPS) is 25.5. The van der Waals surface area contributed by atoms with Crippen LogP contribution in [0, 0.1) is 5.92 Å². The first-order chi connectivity index (χ1) is 14.1. The quantitative estimate of drug-likeness (QED) is 0.678. The van der Waals surface area contributed by atoms with Crippen LogP contribution in [0.1, 0.15) is 27.7 Å². The highest BCUT2D eigenvalue weighted by Gasteiger charge is 2.38. The average molecular weight is 458 g/mol. The third kappa shape index (κ3) is 4.99. The van der Waals surface area contributed by atoms with Crippen molar-refractivity contribution in [2.75, 3.05) is 39.3 Å².